The Morgan fingerprint density at radius 3 is 3.05 bits per heavy atom. The molecule has 2 heterocycles. The van der Waals surface area contributed by atoms with E-state index in [1.165, 1.54) is 11.3 Å². The third kappa shape index (κ3) is 2.70. The van der Waals surface area contributed by atoms with Crippen LogP contribution in [0.1, 0.15) is 10.4 Å². The van der Waals surface area contributed by atoms with Crippen LogP contribution in [0.2, 0.25) is 0 Å². The highest BCUT2D eigenvalue weighted by atomic mass is 32.1. The largest absolute Gasteiger partial charge is 0.452 e. The van der Waals surface area contributed by atoms with E-state index < -0.39 is 24.6 Å². The predicted molar refractivity (Wildman–Crippen MR) is 73.0 cm³/mol. The maximum absolute atomic E-state index is 11.9. The molecule has 1 aliphatic heterocycles. The fraction of sp³-hybridized carbons (Fsp3) is 0.231. The number of esters is 1. The third-order valence-electron chi connectivity index (χ3n) is 2.96. The number of aromatic nitrogens is 1. The maximum atomic E-state index is 11.9. The van der Waals surface area contributed by atoms with Crippen LogP contribution in [-0.4, -0.2) is 47.6 Å². The van der Waals surface area contributed by atoms with Gasteiger partial charge in [-0.25, -0.2) is 19.5 Å². The molecule has 0 saturated carbocycles. The minimum Gasteiger partial charge on any atom is -0.452 e. The lowest BCUT2D eigenvalue weighted by atomic mass is 10.2. The number of imide groups is 1. The van der Waals surface area contributed by atoms with Crippen LogP contribution in [0.4, 0.5) is 4.79 Å². The van der Waals surface area contributed by atoms with Crippen molar-refractivity contribution in [3.63, 3.8) is 0 Å². The van der Waals surface area contributed by atoms with Gasteiger partial charge in [0, 0.05) is 0 Å². The van der Waals surface area contributed by atoms with Crippen molar-refractivity contribution >= 4 is 39.5 Å². The molecule has 0 atom stereocenters. The van der Waals surface area contributed by atoms with Gasteiger partial charge in [-0.15, -0.1) is 11.3 Å². The number of cyclic esters (lactones) is 1. The molecule has 1 aromatic carbocycles. The van der Waals surface area contributed by atoms with Gasteiger partial charge in [-0.3, -0.25) is 4.79 Å². The topological polar surface area (TPSA) is 85.8 Å². The number of thiazole rings is 1. The zero-order valence-corrected chi connectivity index (χ0v) is 11.6. The van der Waals surface area contributed by atoms with E-state index in [2.05, 4.69) is 9.72 Å². The summed E-state index contributed by atoms with van der Waals surface area (Å²) < 4.78 is 10.4. The van der Waals surface area contributed by atoms with Gasteiger partial charge in [0.2, 0.25) is 0 Å². The highest BCUT2D eigenvalue weighted by Crippen LogP contribution is 2.19. The number of carbonyl (C=O) groups is 3. The monoisotopic (exact) mass is 306 g/mol. The molecule has 2 amide bonds. The molecule has 2 aromatic rings. The zero-order chi connectivity index (χ0) is 14.8. The molecular weight excluding hydrogens is 296 g/mol. The van der Waals surface area contributed by atoms with Crippen molar-refractivity contribution in [1.29, 1.82) is 0 Å². The van der Waals surface area contributed by atoms with E-state index in [9.17, 15) is 14.4 Å². The van der Waals surface area contributed by atoms with Gasteiger partial charge in [0.25, 0.3) is 5.91 Å². The van der Waals surface area contributed by atoms with E-state index in [1.54, 1.807) is 23.7 Å². The summed E-state index contributed by atoms with van der Waals surface area (Å²) in [6.45, 7) is -0.142. The Balaban J connectivity index is 1.63. The van der Waals surface area contributed by atoms with Crippen LogP contribution in [0.5, 0.6) is 0 Å². The van der Waals surface area contributed by atoms with Gasteiger partial charge in [-0.1, -0.05) is 0 Å². The predicted octanol–water partition coefficient (Wildman–Crippen LogP) is 1.43. The number of hydrogen-bond donors (Lipinski definition) is 0. The van der Waals surface area contributed by atoms with Crippen LogP contribution in [0.3, 0.4) is 0 Å². The molecular formula is C13H10N2O5S. The fourth-order valence-electron chi connectivity index (χ4n) is 1.89. The van der Waals surface area contributed by atoms with Crippen molar-refractivity contribution in [2.75, 3.05) is 19.8 Å². The van der Waals surface area contributed by atoms with Crippen molar-refractivity contribution in [1.82, 2.24) is 9.88 Å². The first kappa shape index (κ1) is 13.5. The number of ether oxygens (including phenoxy) is 2. The second-order valence-corrected chi connectivity index (χ2v) is 5.16. The highest BCUT2D eigenvalue weighted by Gasteiger charge is 2.29. The van der Waals surface area contributed by atoms with Crippen molar-refractivity contribution in [3.05, 3.63) is 29.3 Å². The van der Waals surface area contributed by atoms with Gasteiger partial charge >= 0.3 is 12.1 Å². The molecule has 7 nitrogen and oxygen atoms in total. The van der Waals surface area contributed by atoms with Gasteiger partial charge in [-0.05, 0) is 18.2 Å². The summed E-state index contributed by atoms with van der Waals surface area (Å²) in [6.07, 6.45) is -0.706. The Morgan fingerprint density at radius 1 is 1.43 bits per heavy atom. The smallest absolute Gasteiger partial charge is 0.416 e. The molecule has 0 bridgehead atoms. The first-order valence-corrected chi connectivity index (χ1v) is 7.00. The lowest BCUT2D eigenvalue weighted by Gasteiger charge is -2.10. The number of benzene rings is 1. The lowest BCUT2D eigenvalue weighted by molar-refractivity contribution is -0.131. The molecule has 0 aliphatic carbocycles. The first-order valence-electron chi connectivity index (χ1n) is 6.12. The summed E-state index contributed by atoms with van der Waals surface area (Å²) in [5, 5.41) is 0. The molecule has 0 spiro atoms. The Labute approximate surface area is 123 Å². The van der Waals surface area contributed by atoms with E-state index in [4.69, 9.17) is 4.74 Å². The van der Waals surface area contributed by atoms with Gasteiger partial charge in [0.1, 0.15) is 6.61 Å². The van der Waals surface area contributed by atoms with E-state index in [0.717, 1.165) is 15.1 Å². The minimum absolute atomic E-state index is 0.167. The number of nitrogens with zero attached hydrogens (tertiary/aromatic N) is 2. The summed E-state index contributed by atoms with van der Waals surface area (Å²) in [7, 11) is 0. The molecule has 0 N–H and O–H groups in total. The second kappa shape index (κ2) is 5.49. The van der Waals surface area contributed by atoms with Crippen LogP contribution >= 0.6 is 11.3 Å². The summed E-state index contributed by atoms with van der Waals surface area (Å²) in [5.41, 5.74) is 2.82. The summed E-state index contributed by atoms with van der Waals surface area (Å²) in [4.78, 5) is 39.8. The molecule has 1 saturated heterocycles. The van der Waals surface area contributed by atoms with Crippen molar-refractivity contribution in [3.8, 4) is 0 Å². The molecule has 1 aromatic heterocycles. The molecule has 21 heavy (non-hydrogen) atoms. The summed E-state index contributed by atoms with van der Waals surface area (Å²) in [5.74, 6) is -1.21. The Hall–Kier alpha value is -2.48. The van der Waals surface area contributed by atoms with Crippen LogP contribution in [0.15, 0.2) is 23.7 Å². The first-order chi connectivity index (χ1) is 10.1. The maximum Gasteiger partial charge on any atom is 0.416 e. The highest BCUT2D eigenvalue weighted by molar-refractivity contribution is 7.16. The van der Waals surface area contributed by atoms with E-state index >= 15 is 0 Å². The van der Waals surface area contributed by atoms with E-state index in [0.29, 0.717) is 5.56 Å². The van der Waals surface area contributed by atoms with Gasteiger partial charge in [0.05, 0.1) is 27.8 Å². The normalized spacial score (nSPS) is 14.3. The number of amides is 2. The SMILES string of the molecule is O=C(OCC(=O)N1CCOC1=O)c1ccc2ncsc2c1. The van der Waals surface area contributed by atoms with Crippen LogP contribution in [0, 0.1) is 0 Å². The van der Waals surface area contributed by atoms with Crippen LogP contribution < -0.4 is 0 Å². The number of hydrogen-bond acceptors (Lipinski definition) is 7. The van der Waals surface area contributed by atoms with E-state index in [-0.39, 0.29) is 13.2 Å². The molecule has 1 fully saturated rings. The van der Waals surface area contributed by atoms with Crippen LogP contribution in [0.25, 0.3) is 10.2 Å². The second-order valence-electron chi connectivity index (χ2n) is 4.27. The molecule has 3 rings (SSSR count). The minimum atomic E-state index is -0.706. The Bertz CT molecular complexity index is 726. The molecule has 1 aliphatic rings. The van der Waals surface area contributed by atoms with E-state index in [1.807, 2.05) is 0 Å². The third-order valence-corrected chi connectivity index (χ3v) is 3.75. The number of carbonyl (C=O) groups excluding carboxylic acids is 3. The van der Waals surface area contributed by atoms with Crippen molar-refractivity contribution in [2.45, 2.75) is 0 Å². The van der Waals surface area contributed by atoms with Crippen LogP contribution in [-0.2, 0) is 14.3 Å². The Morgan fingerprint density at radius 2 is 2.29 bits per heavy atom. The molecule has 8 heteroatoms. The number of rotatable bonds is 3. The van der Waals surface area contributed by atoms with Gasteiger partial charge in [0.15, 0.2) is 6.61 Å². The van der Waals surface area contributed by atoms with Crippen molar-refractivity contribution in [2.24, 2.45) is 0 Å². The quantitative estimate of drug-likeness (QED) is 0.797. The zero-order valence-electron chi connectivity index (χ0n) is 10.8. The standard InChI is InChI=1S/C13H10N2O5S/c16-11(15-3-4-19-13(15)18)6-20-12(17)8-1-2-9-10(5-8)21-7-14-9/h1-2,5,7H,3-4,6H2. The molecule has 0 unspecified atom stereocenters. The van der Waals surface area contributed by atoms with Crippen molar-refractivity contribution < 1.29 is 23.9 Å². The average molecular weight is 306 g/mol. The lowest BCUT2D eigenvalue weighted by Crippen LogP contribution is -2.35. The Kier molecular flexibility index (Phi) is 3.53. The van der Waals surface area contributed by atoms with Gasteiger partial charge in [-0.2, -0.15) is 0 Å². The summed E-state index contributed by atoms with van der Waals surface area (Å²) >= 11 is 1.41. The average Bonchev–Trinajstić information content (AvgIpc) is 3.11. The fourth-order valence-corrected chi connectivity index (χ4v) is 2.61. The van der Waals surface area contributed by atoms with Gasteiger partial charge < -0.3 is 9.47 Å². The molecule has 108 valence electrons. The number of fused-ring (bicyclic) bond motifs is 1. The summed E-state index contributed by atoms with van der Waals surface area (Å²) in [6, 6.07) is 4.95. The molecule has 0 radical (unpaired) electrons.